The largest absolute Gasteiger partial charge is 0.394 e. The van der Waals surface area contributed by atoms with Gasteiger partial charge in [-0.15, -0.1) is 0 Å². The van der Waals surface area contributed by atoms with Gasteiger partial charge in [-0.25, -0.2) is 4.39 Å². The highest BCUT2D eigenvalue weighted by atomic mass is 19.1. The summed E-state index contributed by atoms with van der Waals surface area (Å²) in [5, 5.41) is 7.65. The average molecular weight is 276 g/mol. The molecule has 4 nitrogen and oxygen atoms in total. The summed E-state index contributed by atoms with van der Waals surface area (Å²) in [7, 11) is 1.84. The Labute approximate surface area is 118 Å². The minimum atomic E-state index is -0.220. The third-order valence-corrected chi connectivity index (χ3v) is 3.37. The van der Waals surface area contributed by atoms with Gasteiger partial charge in [-0.1, -0.05) is 31.5 Å². The molecule has 0 saturated heterocycles. The van der Waals surface area contributed by atoms with Crippen molar-refractivity contribution in [1.82, 2.24) is 9.78 Å². The second-order valence-electron chi connectivity index (χ2n) is 4.97. The molecule has 1 aromatic heterocycles. The molecule has 1 heterocycles. The SMILES string of the molecule is CCCc1nn(C)c(NC(C)c2ccccc2F)c1N. The van der Waals surface area contributed by atoms with Crippen LogP contribution in [-0.4, -0.2) is 9.78 Å². The van der Waals surface area contributed by atoms with Gasteiger partial charge in [0.15, 0.2) is 0 Å². The van der Waals surface area contributed by atoms with Gasteiger partial charge in [-0.2, -0.15) is 5.10 Å². The number of rotatable bonds is 5. The molecule has 0 aliphatic heterocycles. The van der Waals surface area contributed by atoms with Crippen molar-refractivity contribution < 1.29 is 4.39 Å². The van der Waals surface area contributed by atoms with E-state index in [-0.39, 0.29) is 11.9 Å². The van der Waals surface area contributed by atoms with Crippen molar-refractivity contribution in [3.05, 3.63) is 41.3 Å². The maximum atomic E-state index is 13.8. The number of anilines is 2. The van der Waals surface area contributed by atoms with Gasteiger partial charge in [0.05, 0.1) is 17.4 Å². The number of nitrogens with zero attached hydrogens (tertiary/aromatic N) is 2. The lowest BCUT2D eigenvalue weighted by Crippen LogP contribution is -2.12. The summed E-state index contributed by atoms with van der Waals surface area (Å²) in [6, 6.07) is 6.56. The number of nitrogens with one attached hydrogen (secondary N) is 1. The van der Waals surface area contributed by atoms with E-state index in [0.29, 0.717) is 11.3 Å². The quantitative estimate of drug-likeness (QED) is 0.881. The van der Waals surface area contributed by atoms with Crippen molar-refractivity contribution in [3.63, 3.8) is 0 Å². The monoisotopic (exact) mass is 276 g/mol. The van der Waals surface area contributed by atoms with Crippen LogP contribution in [0.1, 0.15) is 37.6 Å². The van der Waals surface area contributed by atoms with Crippen molar-refractivity contribution in [2.45, 2.75) is 32.7 Å². The minimum absolute atomic E-state index is 0.177. The predicted molar refractivity (Wildman–Crippen MR) is 80.1 cm³/mol. The number of hydrogen-bond acceptors (Lipinski definition) is 3. The summed E-state index contributed by atoms with van der Waals surface area (Å²) in [4.78, 5) is 0. The third kappa shape index (κ3) is 2.76. The standard InChI is InChI=1S/C15H21FN4/c1-4-7-13-14(17)15(20(3)19-13)18-10(2)11-8-5-6-9-12(11)16/h5-6,8-10,18H,4,7,17H2,1-3H3. The Balaban J connectivity index is 2.24. The summed E-state index contributed by atoms with van der Waals surface area (Å²) in [5.74, 6) is 0.520. The van der Waals surface area contributed by atoms with E-state index in [1.165, 1.54) is 6.07 Å². The van der Waals surface area contributed by atoms with Crippen molar-refractivity contribution in [3.8, 4) is 0 Å². The molecule has 0 aliphatic rings. The van der Waals surface area contributed by atoms with Gasteiger partial charge in [0.2, 0.25) is 0 Å². The lowest BCUT2D eigenvalue weighted by molar-refractivity contribution is 0.598. The molecule has 0 aliphatic carbocycles. The van der Waals surface area contributed by atoms with Crippen molar-refractivity contribution in [1.29, 1.82) is 0 Å². The normalized spacial score (nSPS) is 12.4. The smallest absolute Gasteiger partial charge is 0.148 e. The molecule has 1 aromatic carbocycles. The van der Waals surface area contributed by atoms with Gasteiger partial charge >= 0.3 is 0 Å². The number of halogens is 1. The molecular weight excluding hydrogens is 255 g/mol. The lowest BCUT2D eigenvalue weighted by atomic mass is 10.1. The lowest BCUT2D eigenvalue weighted by Gasteiger charge is -2.16. The van der Waals surface area contributed by atoms with E-state index in [1.54, 1.807) is 16.8 Å². The highest BCUT2D eigenvalue weighted by molar-refractivity contribution is 5.65. The Kier molecular flexibility index (Phi) is 4.27. The fraction of sp³-hybridized carbons (Fsp3) is 0.400. The molecule has 3 N–H and O–H groups in total. The van der Waals surface area contributed by atoms with Crippen LogP contribution in [0.3, 0.4) is 0 Å². The summed E-state index contributed by atoms with van der Waals surface area (Å²) < 4.78 is 15.5. The Bertz CT molecular complexity index is 592. The second-order valence-corrected chi connectivity index (χ2v) is 4.97. The first kappa shape index (κ1) is 14.4. The van der Waals surface area contributed by atoms with Crippen molar-refractivity contribution in [2.24, 2.45) is 7.05 Å². The maximum Gasteiger partial charge on any atom is 0.148 e. The van der Waals surface area contributed by atoms with Crippen LogP contribution < -0.4 is 11.1 Å². The number of aryl methyl sites for hydroxylation is 2. The van der Waals surface area contributed by atoms with E-state index < -0.39 is 0 Å². The molecule has 0 amide bonds. The molecule has 0 saturated carbocycles. The molecule has 1 atom stereocenters. The van der Waals surface area contributed by atoms with Crippen LogP contribution in [0.5, 0.6) is 0 Å². The molecule has 2 rings (SSSR count). The molecule has 0 spiro atoms. The second kappa shape index (κ2) is 5.94. The summed E-state index contributed by atoms with van der Waals surface area (Å²) in [6.07, 6.45) is 1.83. The minimum Gasteiger partial charge on any atom is -0.394 e. The van der Waals surface area contributed by atoms with Gasteiger partial charge in [0.25, 0.3) is 0 Å². The fourth-order valence-corrected chi connectivity index (χ4v) is 2.30. The number of aromatic nitrogens is 2. The van der Waals surface area contributed by atoms with Crippen LogP contribution in [0.2, 0.25) is 0 Å². The third-order valence-electron chi connectivity index (χ3n) is 3.37. The van der Waals surface area contributed by atoms with Crippen molar-refractivity contribution in [2.75, 3.05) is 11.1 Å². The zero-order valence-electron chi connectivity index (χ0n) is 12.2. The summed E-state index contributed by atoms with van der Waals surface area (Å²) in [5.41, 5.74) is 8.27. The predicted octanol–water partition coefficient (Wildman–Crippen LogP) is 3.27. The topological polar surface area (TPSA) is 55.9 Å². The first-order chi connectivity index (χ1) is 9.54. The Morgan fingerprint density at radius 2 is 2.10 bits per heavy atom. The van der Waals surface area contributed by atoms with Gasteiger partial charge in [0, 0.05) is 12.6 Å². The molecular formula is C15H21FN4. The average Bonchev–Trinajstić information content (AvgIpc) is 2.67. The maximum absolute atomic E-state index is 13.8. The number of nitrogens with two attached hydrogens (primary N) is 1. The van der Waals surface area contributed by atoms with Gasteiger partial charge < -0.3 is 11.1 Å². The van der Waals surface area contributed by atoms with Gasteiger partial charge in [-0.05, 0) is 19.4 Å². The number of hydrogen-bond donors (Lipinski definition) is 2. The zero-order valence-corrected chi connectivity index (χ0v) is 12.2. The summed E-state index contributed by atoms with van der Waals surface area (Å²) >= 11 is 0. The highest BCUT2D eigenvalue weighted by Gasteiger charge is 2.16. The molecule has 108 valence electrons. The fourth-order valence-electron chi connectivity index (χ4n) is 2.30. The van der Waals surface area contributed by atoms with Crippen LogP contribution in [-0.2, 0) is 13.5 Å². The van der Waals surface area contributed by atoms with E-state index in [2.05, 4.69) is 17.3 Å². The van der Waals surface area contributed by atoms with Gasteiger partial charge in [0.1, 0.15) is 11.6 Å². The molecule has 0 bridgehead atoms. The summed E-state index contributed by atoms with van der Waals surface area (Å²) in [6.45, 7) is 3.99. The molecule has 2 aromatic rings. The highest BCUT2D eigenvalue weighted by Crippen LogP contribution is 2.28. The van der Waals surface area contributed by atoms with Crippen LogP contribution in [0.15, 0.2) is 24.3 Å². The molecule has 20 heavy (non-hydrogen) atoms. The Morgan fingerprint density at radius 1 is 1.40 bits per heavy atom. The van der Waals surface area contributed by atoms with E-state index in [4.69, 9.17) is 5.73 Å². The Morgan fingerprint density at radius 3 is 2.75 bits per heavy atom. The van der Waals surface area contributed by atoms with E-state index in [9.17, 15) is 4.39 Å². The van der Waals surface area contributed by atoms with Crippen molar-refractivity contribution >= 4 is 11.5 Å². The number of nitrogen functional groups attached to an aromatic ring is 1. The van der Waals surface area contributed by atoms with Gasteiger partial charge in [-0.3, -0.25) is 4.68 Å². The molecule has 1 unspecified atom stereocenters. The van der Waals surface area contributed by atoms with Crippen LogP contribution in [0, 0.1) is 5.82 Å². The zero-order chi connectivity index (χ0) is 14.7. The first-order valence-corrected chi connectivity index (χ1v) is 6.86. The van der Waals surface area contributed by atoms with Crippen LogP contribution in [0.25, 0.3) is 0 Å². The number of benzene rings is 1. The van der Waals surface area contributed by atoms with E-state index >= 15 is 0 Å². The molecule has 0 fully saturated rings. The van der Waals surface area contributed by atoms with E-state index in [1.807, 2.05) is 20.0 Å². The van der Waals surface area contributed by atoms with Crippen LogP contribution in [0.4, 0.5) is 15.9 Å². The van der Waals surface area contributed by atoms with Crippen LogP contribution >= 0.6 is 0 Å². The molecule has 0 radical (unpaired) electrons. The first-order valence-electron chi connectivity index (χ1n) is 6.86. The molecule has 5 heteroatoms. The van der Waals surface area contributed by atoms with E-state index in [0.717, 1.165) is 24.4 Å². The Hall–Kier alpha value is -2.04.